The molecule has 3 aromatic rings. The smallest absolute Gasteiger partial charge is 0.348 e. The van der Waals surface area contributed by atoms with Crippen molar-refractivity contribution >= 4 is 51.0 Å². The largest absolute Gasteiger partial charge is 0.459 e. The van der Waals surface area contributed by atoms with Crippen LogP contribution in [-0.4, -0.2) is 59.7 Å². The van der Waals surface area contributed by atoms with E-state index in [2.05, 4.69) is 44.1 Å². The number of fused-ring (bicyclic) bond motifs is 1. The van der Waals surface area contributed by atoms with Crippen molar-refractivity contribution in [2.24, 2.45) is 0 Å². The number of anilines is 1. The number of piperazine rings is 1. The number of aromatic nitrogens is 2. The molecule has 4 rings (SSSR count). The van der Waals surface area contributed by atoms with Crippen molar-refractivity contribution in [2.75, 3.05) is 37.6 Å². The third kappa shape index (κ3) is 5.11. The van der Waals surface area contributed by atoms with Crippen molar-refractivity contribution in [3.63, 3.8) is 0 Å². The minimum Gasteiger partial charge on any atom is -0.459 e. The van der Waals surface area contributed by atoms with Gasteiger partial charge in [-0.15, -0.1) is 11.3 Å². The first-order valence-corrected chi connectivity index (χ1v) is 12.0. The van der Waals surface area contributed by atoms with Crippen molar-refractivity contribution in [2.45, 2.75) is 26.9 Å². The molecule has 0 radical (unpaired) electrons. The van der Waals surface area contributed by atoms with E-state index in [1.54, 1.807) is 0 Å². The molecular formula is C24H27ClN4O2S. The van der Waals surface area contributed by atoms with Crippen molar-refractivity contribution in [1.82, 2.24) is 14.9 Å². The topological polar surface area (TPSA) is 58.6 Å². The number of esters is 1. The van der Waals surface area contributed by atoms with Gasteiger partial charge >= 0.3 is 5.97 Å². The van der Waals surface area contributed by atoms with Crippen molar-refractivity contribution in [3.05, 3.63) is 57.7 Å². The molecule has 0 N–H and O–H groups in total. The van der Waals surface area contributed by atoms with E-state index in [9.17, 15) is 4.79 Å². The molecule has 0 aliphatic carbocycles. The summed E-state index contributed by atoms with van der Waals surface area (Å²) in [6.07, 6.45) is 4.19. The Balaban J connectivity index is 1.48. The first kappa shape index (κ1) is 22.7. The van der Waals surface area contributed by atoms with Crippen LogP contribution in [0.1, 0.15) is 34.6 Å². The predicted octanol–water partition coefficient (Wildman–Crippen LogP) is 5.05. The molecule has 2 aromatic heterocycles. The fourth-order valence-electron chi connectivity index (χ4n) is 3.83. The summed E-state index contributed by atoms with van der Waals surface area (Å²) in [6, 6.07) is 10.3. The van der Waals surface area contributed by atoms with E-state index in [0.29, 0.717) is 4.88 Å². The van der Waals surface area contributed by atoms with Gasteiger partial charge in [0.1, 0.15) is 15.5 Å². The van der Waals surface area contributed by atoms with Gasteiger partial charge in [-0.3, -0.25) is 4.90 Å². The Morgan fingerprint density at radius 3 is 2.59 bits per heavy atom. The van der Waals surface area contributed by atoms with Gasteiger partial charge in [0.25, 0.3) is 0 Å². The molecule has 1 aliphatic rings. The third-order valence-corrected chi connectivity index (χ3v) is 6.75. The molecule has 1 saturated heterocycles. The minimum atomic E-state index is -0.322. The lowest BCUT2D eigenvalue weighted by Crippen LogP contribution is -2.46. The van der Waals surface area contributed by atoms with Gasteiger partial charge in [0.05, 0.1) is 11.5 Å². The lowest BCUT2D eigenvalue weighted by Gasteiger charge is -2.35. The van der Waals surface area contributed by atoms with Crippen LogP contribution in [0.5, 0.6) is 0 Å². The Hall–Kier alpha value is -2.48. The second-order valence-corrected chi connectivity index (χ2v) is 9.44. The number of halogens is 1. The summed E-state index contributed by atoms with van der Waals surface area (Å²) in [4.78, 5) is 27.4. The van der Waals surface area contributed by atoms with Crippen LogP contribution in [0.2, 0.25) is 5.28 Å². The summed E-state index contributed by atoms with van der Waals surface area (Å²) >= 11 is 7.57. The molecule has 0 atom stereocenters. The molecule has 1 aromatic carbocycles. The molecule has 0 spiro atoms. The van der Waals surface area contributed by atoms with Crippen LogP contribution < -0.4 is 4.90 Å². The zero-order chi connectivity index (χ0) is 22.7. The normalized spacial score (nSPS) is 15.2. The summed E-state index contributed by atoms with van der Waals surface area (Å²) in [6.45, 7) is 10.0. The molecule has 32 heavy (non-hydrogen) atoms. The first-order valence-electron chi connectivity index (χ1n) is 10.8. The average molecular weight is 471 g/mol. The van der Waals surface area contributed by atoms with Crippen LogP contribution in [0.25, 0.3) is 16.3 Å². The molecule has 1 fully saturated rings. The summed E-state index contributed by atoms with van der Waals surface area (Å²) < 4.78 is 5.41. The number of thiophene rings is 1. The molecule has 0 bridgehead atoms. The summed E-state index contributed by atoms with van der Waals surface area (Å²) in [7, 11) is 0. The van der Waals surface area contributed by atoms with Gasteiger partial charge in [-0.25, -0.2) is 9.78 Å². The van der Waals surface area contributed by atoms with Gasteiger partial charge in [0.15, 0.2) is 0 Å². The Kier molecular flexibility index (Phi) is 7.08. The number of carbonyl (C=O) groups is 1. The van der Waals surface area contributed by atoms with Crippen LogP contribution in [0, 0.1) is 6.92 Å². The standard InChI is InChI=1S/C24H27ClN4O2S/c1-16(2)31-23(30)20-17(3)19-21(26-24(25)27-22(19)32-20)29-14-12-28(13-15-29)11-7-10-18-8-5-4-6-9-18/h4-10,16H,11-15H2,1-3H3/b10-7+. The van der Waals surface area contributed by atoms with Gasteiger partial charge in [-0.1, -0.05) is 42.5 Å². The molecule has 0 amide bonds. The third-order valence-electron chi connectivity index (χ3n) is 5.42. The fourth-order valence-corrected chi connectivity index (χ4v) is 5.10. The van der Waals surface area contributed by atoms with E-state index in [1.165, 1.54) is 16.9 Å². The van der Waals surface area contributed by atoms with E-state index < -0.39 is 0 Å². The zero-order valence-corrected chi connectivity index (χ0v) is 20.1. The van der Waals surface area contributed by atoms with Crippen molar-refractivity contribution in [1.29, 1.82) is 0 Å². The second kappa shape index (κ2) is 9.98. The Morgan fingerprint density at radius 1 is 1.19 bits per heavy atom. The predicted molar refractivity (Wildman–Crippen MR) is 132 cm³/mol. The highest BCUT2D eigenvalue weighted by Gasteiger charge is 2.26. The number of rotatable bonds is 6. The van der Waals surface area contributed by atoms with Gasteiger partial charge in [-0.2, -0.15) is 4.98 Å². The summed E-state index contributed by atoms with van der Waals surface area (Å²) in [5.74, 6) is 0.481. The van der Waals surface area contributed by atoms with Crippen molar-refractivity contribution in [3.8, 4) is 0 Å². The molecule has 0 saturated carbocycles. The van der Waals surface area contributed by atoms with E-state index in [0.717, 1.165) is 54.3 Å². The Bertz CT molecular complexity index is 1120. The minimum absolute atomic E-state index is 0.176. The Labute approximate surface area is 197 Å². The number of hydrogen-bond donors (Lipinski definition) is 0. The first-order chi connectivity index (χ1) is 15.4. The number of aryl methyl sites for hydroxylation is 1. The van der Waals surface area contributed by atoms with Gasteiger partial charge < -0.3 is 9.64 Å². The number of benzene rings is 1. The second-order valence-electron chi connectivity index (χ2n) is 8.11. The van der Waals surface area contributed by atoms with E-state index in [-0.39, 0.29) is 17.4 Å². The Morgan fingerprint density at radius 2 is 1.91 bits per heavy atom. The zero-order valence-electron chi connectivity index (χ0n) is 18.5. The van der Waals surface area contributed by atoms with Crippen LogP contribution in [-0.2, 0) is 4.74 Å². The van der Waals surface area contributed by atoms with Gasteiger partial charge in [0.2, 0.25) is 5.28 Å². The maximum absolute atomic E-state index is 12.5. The summed E-state index contributed by atoms with van der Waals surface area (Å²) in [5.41, 5.74) is 2.07. The highest BCUT2D eigenvalue weighted by molar-refractivity contribution is 7.20. The van der Waals surface area contributed by atoms with E-state index in [4.69, 9.17) is 16.3 Å². The monoisotopic (exact) mass is 470 g/mol. The number of hydrogen-bond acceptors (Lipinski definition) is 7. The lowest BCUT2D eigenvalue weighted by molar-refractivity contribution is 0.0383. The quantitative estimate of drug-likeness (QED) is 0.371. The molecule has 168 valence electrons. The maximum Gasteiger partial charge on any atom is 0.348 e. The van der Waals surface area contributed by atoms with Crippen LogP contribution >= 0.6 is 22.9 Å². The van der Waals surface area contributed by atoms with Crippen molar-refractivity contribution < 1.29 is 9.53 Å². The highest BCUT2D eigenvalue weighted by Crippen LogP contribution is 2.37. The van der Waals surface area contributed by atoms with Crippen LogP contribution in [0.15, 0.2) is 36.4 Å². The highest BCUT2D eigenvalue weighted by atomic mass is 35.5. The van der Waals surface area contributed by atoms with Crippen LogP contribution in [0.4, 0.5) is 5.82 Å². The fraction of sp³-hybridized carbons (Fsp3) is 0.375. The number of carbonyl (C=O) groups excluding carboxylic acids is 1. The van der Waals surface area contributed by atoms with E-state index >= 15 is 0 Å². The molecule has 3 heterocycles. The molecule has 0 unspecified atom stereocenters. The number of ether oxygens (including phenoxy) is 1. The SMILES string of the molecule is Cc1c(C(=O)OC(C)C)sc2nc(Cl)nc(N3CCN(C/C=C/c4ccccc4)CC3)c12. The lowest BCUT2D eigenvalue weighted by atomic mass is 10.1. The summed E-state index contributed by atoms with van der Waals surface area (Å²) in [5, 5.41) is 1.10. The maximum atomic E-state index is 12.5. The van der Waals surface area contributed by atoms with Gasteiger partial charge in [0, 0.05) is 32.7 Å². The molecule has 1 aliphatic heterocycles. The molecule has 8 heteroatoms. The molecule has 6 nitrogen and oxygen atoms in total. The van der Waals surface area contributed by atoms with Crippen LogP contribution in [0.3, 0.4) is 0 Å². The number of nitrogens with zero attached hydrogens (tertiary/aromatic N) is 4. The van der Waals surface area contributed by atoms with E-state index in [1.807, 2.05) is 39.0 Å². The average Bonchev–Trinajstić information content (AvgIpc) is 3.10. The van der Waals surface area contributed by atoms with Gasteiger partial charge in [-0.05, 0) is 43.5 Å². The molecular weight excluding hydrogens is 444 g/mol.